The van der Waals surface area contributed by atoms with Gasteiger partial charge in [-0.25, -0.2) is 0 Å². The molecule has 0 radical (unpaired) electrons. The van der Waals surface area contributed by atoms with E-state index < -0.39 is 17.4 Å². The molecule has 0 aliphatic heterocycles. The molecule has 0 atom stereocenters. The maximum absolute atomic E-state index is 10.5. The molecule has 1 N–H and O–H groups in total. The van der Waals surface area contributed by atoms with E-state index in [9.17, 15) is 8.42 Å². The number of unbranched alkanes of at least 4 members (excludes halogenated alkanes) is 13. The summed E-state index contributed by atoms with van der Waals surface area (Å²) in [6.07, 6.45) is 17.4. The van der Waals surface area contributed by atoms with Gasteiger partial charge in [-0.2, -0.15) is 8.42 Å². The molecule has 0 rings (SSSR count). The molecule has 0 amide bonds. The third-order valence-electron chi connectivity index (χ3n) is 3.76. The van der Waals surface area contributed by atoms with Crippen molar-refractivity contribution in [3.05, 3.63) is 0 Å². The first-order valence-electron chi connectivity index (χ1n) is 10.5. The zero-order valence-corrected chi connectivity index (χ0v) is 19.6. The molecule has 5 heteroatoms. The Kier molecular flexibility index (Phi) is 19.6. The van der Waals surface area contributed by atoms with Gasteiger partial charge in [0.25, 0.3) is 10.1 Å². The van der Waals surface area contributed by atoms with Crippen molar-refractivity contribution in [2.24, 2.45) is 0 Å². The molecule has 0 fully saturated rings. The molecule has 25 heavy (non-hydrogen) atoms. The van der Waals surface area contributed by atoms with Crippen molar-refractivity contribution in [2.75, 3.05) is 32.4 Å². The Hall–Kier alpha value is 0.340. The monoisotopic (exact) mass is 398 g/mol. The quantitative estimate of drug-likeness (QED) is 0.192. The Morgan fingerprint density at radius 2 is 0.840 bits per heavy atom. The molecule has 0 spiro atoms. The molecule has 156 valence electrons. The summed E-state index contributed by atoms with van der Waals surface area (Å²) in [5.74, 6) is -0.0783. The summed E-state index contributed by atoms with van der Waals surface area (Å²) in [6.45, 7) is 11.6. The van der Waals surface area contributed by atoms with Gasteiger partial charge in [-0.15, -0.1) is 0 Å². The number of rotatable bonds is 15. The van der Waals surface area contributed by atoms with Crippen LogP contribution in [0.2, 0.25) is 0 Å². The van der Waals surface area contributed by atoms with Crippen LogP contribution in [0.3, 0.4) is 0 Å². The van der Waals surface area contributed by atoms with Gasteiger partial charge in [0.2, 0.25) is 0 Å². The van der Waals surface area contributed by atoms with E-state index in [1.54, 1.807) is 0 Å². The molecular weight excluding hydrogens is 351 g/mol. The van der Waals surface area contributed by atoms with Gasteiger partial charge in [0.1, 0.15) is 0 Å². The van der Waals surface area contributed by atoms with Crippen LogP contribution in [0.4, 0.5) is 0 Å². The number of hydrogen-bond donors (Lipinski definition) is 1. The Labute approximate surface area is 159 Å². The van der Waals surface area contributed by atoms with Crippen LogP contribution in [0.15, 0.2) is 0 Å². The van der Waals surface area contributed by atoms with E-state index in [0.29, 0.717) is 6.42 Å². The summed E-state index contributed by atoms with van der Waals surface area (Å²) in [4.78, 5) is 0. The van der Waals surface area contributed by atoms with Crippen molar-refractivity contribution in [1.82, 2.24) is 0 Å². The molecule has 0 aromatic carbocycles. The van der Waals surface area contributed by atoms with Crippen molar-refractivity contribution < 1.29 is 13.0 Å². The van der Waals surface area contributed by atoms with Gasteiger partial charge >= 0.3 is 33.9 Å². The SMILES string of the molecule is CCCCCCCCCCCCCCCCS(=O)(=O)O.C[PH](C)(C)C. The van der Waals surface area contributed by atoms with Gasteiger partial charge in [-0.1, -0.05) is 90.4 Å². The van der Waals surface area contributed by atoms with Gasteiger partial charge in [0.15, 0.2) is 0 Å². The van der Waals surface area contributed by atoms with Crippen LogP contribution in [0.25, 0.3) is 0 Å². The first kappa shape index (κ1) is 27.6. The van der Waals surface area contributed by atoms with Crippen LogP contribution in [0.1, 0.15) is 96.8 Å². The van der Waals surface area contributed by atoms with Crippen molar-refractivity contribution in [3.63, 3.8) is 0 Å². The predicted octanol–water partition coefficient (Wildman–Crippen LogP) is 6.61. The van der Waals surface area contributed by atoms with Gasteiger partial charge in [0, 0.05) is 0 Å². The molecule has 0 heterocycles. The normalized spacial score (nSPS) is 12.6. The molecule has 0 aliphatic rings. The fraction of sp³-hybridized carbons (Fsp3) is 1.00. The van der Waals surface area contributed by atoms with E-state index in [-0.39, 0.29) is 5.75 Å². The molecule has 3 nitrogen and oxygen atoms in total. The Morgan fingerprint density at radius 1 is 0.600 bits per heavy atom. The standard InChI is InChI=1S/C16H34O3S.C4H13P/c1-2-3-4-5-6-7-8-9-10-11-12-13-14-15-16-20(17,18)19;1-5(2,3)4/h2-16H2,1H3,(H,17,18,19);5H,1-4H3. The van der Waals surface area contributed by atoms with Gasteiger partial charge < -0.3 is 0 Å². The zero-order valence-electron chi connectivity index (χ0n) is 17.8. The summed E-state index contributed by atoms with van der Waals surface area (Å²) in [7, 11) is -4.35. The van der Waals surface area contributed by atoms with E-state index >= 15 is 0 Å². The zero-order chi connectivity index (χ0) is 19.6. The van der Waals surface area contributed by atoms with Gasteiger partial charge in [-0.05, 0) is 6.42 Å². The first-order chi connectivity index (χ1) is 11.6. The summed E-state index contributed by atoms with van der Waals surface area (Å²) >= 11 is 0. The predicted molar refractivity (Wildman–Crippen MR) is 119 cm³/mol. The topological polar surface area (TPSA) is 54.4 Å². The van der Waals surface area contributed by atoms with Crippen molar-refractivity contribution in [1.29, 1.82) is 0 Å². The van der Waals surface area contributed by atoms with Gasteiger partial charge in [-0.3, -0.25) is 4.55 Å². The second kappa shape index (κ2) is 17.7. The summed E-state index contributed by atoms with van der Waals surface area (Å²) in [5, 5.41) is 0. The van der Waals surface area contributed by atoms with Crippen LogP contribution in [0.5, 0.6) is 0 Å². The molecule has 0 saturated carbocycles. The summed E-state index contributed by atoms with van der Waals surface area (Å²) < 4.78 is 29.6. The minimum absolute atomic E-state index is 0.0783. The summed E-state index contributed by atoms with van der Waals surface area (Å²) in [5.41, 5.74) is 0. The van der Waals surface area contributed by atoms with Gasteiger partial charge in [0.05, 0.1) is 5.75 Å². The Morgan fingerprint density at radius 3 is 1.08 bits per heavy atom. The molecular formula is C20H47O3PS. The van der Waals surface area contributed by atoms with E-state index in [1.807, 2.05) is 0 Å². The van der Waals surface area contributed by atoms with E-state index in [2.05, 4.69) is 33.6 Å². The summed E-state index contributed by atoms with van der Waals surface area (Å²) in [6, 6.07) is 0. The Balaban J connectivity index is 0. The molecule has 0 aromatic rings. The molecule has 0 aliphatic carbocycles. The fourth-order valence-electron chi connectivity index (χ4n) is 2.48. The average molecular weight is 399 g/mol. The Bertz CT molecular complexity index is 356. The van der Waals surface area contributed by atoms with E-state index in [1.165, 1.54) is 70.6 Å². The second-order valence-corrected chi connectivity index (χ2v) is 16.5. The average Bonchev–Trinajstić information content (AvgIpc) is 2.45. The fourth-order valence-corrected chi connectivity index (χ4v) is 3.05. The molecule has 0 aromatic heterocycles. The van der Waals surface area contributed by atoms with Crippen molar-refractivity contribution >= 4 is 17.4 Å². The third kappa shape index (κ3) is 40.4. The second-order valence-electron chi connectivity index (χ2n) is 8.88. The van der Waals surface area contributed by atoms with E-state index in [4.69, 9.17) is 4.55 Å². The van der Waals surface area contributed by atoms with Crippen LogP contribution in [-0.2, 0) is 10.1 Å². The van der Waals surface area contributed by atoms with Crippen molar-refractivity contribution in [3.8, 4) is 0 Å². The maximum atomic E-state index is 10.5. The first-order valence-corrected chi connectivity index (χ1v) is 16.1. The molecule has 0 bridgehead atoms. The van der Waals surface area contributed by atoms with Crippen LogP contribution < -0.4 is 0 Å². The minimum atomic E-state index is -3.74. The molecule has 0 saturated heterocycles. The van der Waals surface area contributed by atoms with Crippen LogP contribution in [0, 0.1) is 0 Å². The van der Waals surface area contributed by atoms with E-state index in [0.717, 1.165) is 12.8 Å². The number of hydrogen-bond acceptors (Lipinski definition) is 2. The van der Waals surface area contributed by atoms with Crippen LogP contribution >= 0.6 is 7.26 Å². The third-order valence-corrected chi connectivity index (χ3v) is 4.56. The molecule has 0 unspecified atom stereocenters. The van der Waals surface area contributed by atoms with Crippen molar-refractivity contribution in [2.45, 2.75) is 96.8 Å². The van der Waals surface area contributed by atoms with Crippen LogP contribution in [-0.4, -0.2) is 45.4 Å².